The summed E-state index contributed by atoms with van der Waals surface area (Å²) in [5.74, 6) is -0.175. The van der Waals surface area contributed by atoms with E-state index >= 15 is 0 Å². The number of hydrogen-bond acceptors (Lipinski definition) is 6. The van der Waals surface area contributed by atoms with Crippen molar-refractivity contribution in [1.29, 1.82) is 0 Å². The molecule has 0 spiro atoms. The Kier molecular flexibility index (Phi) is 8.46. The minimum absolute atomic E-state index is 0.175. The molecule has 4 aromatic rings. The molecule has 0 fully saturated rings. The maximum atomic E-state index is 13.4. The molecular weight excluding hydrogens is 543 g/mol. The van der Waals surface area contributed by atoms with Crippen LogP contribution in [0.4, 0.5) is 10.1 Å². The summed E-state index contributed by atoms with van der Waals surface area (Å²) in [6.07, 6.45) is 4.53. The smallest absolute Gasteiger partial charge is 0.263 e. The Morgan fingerprint density at radius 2 is 1.87 bits per heavy atom. The average molecular weight is 571 g/mol. The number of nitrogens with one attached hydrogen (secondary N) is 1. The van der Waals surface area contributed by atoms with Gasteiger partial charge in [-0.05, 0) is 61.2 Å². The normalized spacial score (nSPS) is 11.7. The van der Waals surface area contributed by atoms with E-state index < -0.39 is 15.8 Å². The minimum Gasteiger partial charge on any atom is -0.300 e. The zero-order chi connectivity index (χ0) is 28.3. The summed E-state index contributed by atoms with van der Waals surface area (Å²) in [7, 11) is -4.13. The Hall–Kier alpha value is -3.63. The van der Waals surface area contributed by atoms with Crippen LogP contribution in [0.1, 0.15) is 38.8 Å². The van der Waals surface area contributed by atoms with E-state index in [9.17, 15) is 22.4 Å². The molecule has 11 heteroatoms. The molecule has 0 atom stereocenters. The Balaban J connectivity index is 1.61. The van der Waals surface area contributed by atoms with E-state index in [4.69, 9.17) is 11.6 Å². The summed E-state index contributed by atoms with van der Waals surface area (Å²) in [6, 6.07) is 9.81. The number of anilines is 1. The number of Topliss-reactive ketones (excluding diaryl/α,β-unsaturated/α-hetero) is 1. The molecule has 0 aliphatic carbocycles. The number of benzene rings is 2. The van der Waals surface area contributed by atoms with E-state index in [1.807, 2.05) is 13.8 Å². The second-order valence-corrected chi connectivity index (χ2v) is 11.8. The number of hydrogen-bond donors (Lipinski definition) is 1. The van der Waals surface area contributed by atoms with Crippen molar-refractivity contribution in [1.82, 2.24) is 14.5 Å². The third-order valence-electron chi connectivity index (χ3n) is 6.16. The van der Waals surface area contributed by atoms with Gasteiger partial charge in [-0.2, -0.15) is 0 Å². The molecule has 0 radical (unpaired) electrons. The van der Waals surface area contributed by atoms with Crippen molar-refractivity contribution in [3.63, 3.8) is 0 Å². The number of ketones is 1. The summed E-state index contributed by atoms with van der Waals surface area (Å²) in [5, 5.41) is 0.149. The number of fused-ring (bicyclic) bond motifs is 1. The van der Waals surface area contributed by atoms with Crippen molar-refractivity contribution < 1.29 is 17.6 Å². The van der Waals surface area contributed by atoms with Crippen molar-refractivity contribution in [3.05, 3.63) is 81.9 Å². The first-order chi connectivity index (χ1) is 18.4. The number of pyridine rings is 1. The molecule has 204 valence electrons. The van der Waals surface area contributed by atoms with Gasteiger partial charge in [0.25, 0.3) is 15.6 Å². The van der Waals surface area contributed by atoms with E-state index in [0.29, 0.717) is 59.4 Å². The van der Waals surface area contributed by atoms with Gasteiger partial charge in [0.1, 0.15) is 16.5 Å². The third-order valence-corrected chi connectivity index (χ3v) is 8.01. The molecule has 2 heterocycles. The van der Waals surface area contributed by atoms with E-state index in [-0.39, 0.29) is 26.9 Å². The van der Waals surface area contributed by atoms with Gasteiger partial charge >= 0.3 is 0 Å². The Bertz CT molecular complexity index is 1720. The van der Waals surface area contributed by atoms with Crippen molar-refractivity contribution in [2.45, 2.75) is 51.5 Å². The molecule has 8 nitrogen and oxygen atoms in total. The van der Waals surface area contributed by atoms with Gasteiger partial charge in [-0.15, -0.1) is 0 Å². The highest BCUT2D eigenvalue weighted by Gasteiger charge is 2.20. The second kappa shape index (κ2) is 11.6. The Morgan fingerprint density at radius 3 is 2.59 bits per heavy atom. The molecule has 39 heavy (non-hydrogen) atoms. The van der Waals surface area contributed by atoms with Crippen molar-refractivity contribution in [3.8, 4) is 11.1 Å². The minimum atomic E-state index is -4.13. The van der Waals surface area contributed by atoms with Crippen LogP contribution in [0.3, 0.4) is 0 Å². The summed E-state index contributed by atoms with van der Waals surface area (Å²) in [5.41, 5.74) is 2.12. The average Bonchev–Trinajstić information content (AvgIpc) is 2.86. The Morgan fingerprint density at radius 1 is 1.10 bits per heavy atom. The zero-order valence-electron chi connectivity index (χ0n) is 21.7. The van der Waals surface area contributed by atoms with E-state index in [1.54, 1.807) is 37.4 Å². The van der Waals surface area contributed by atoms with Crippen LogP contribution in [-0.4, -0.2) is 28.7 Å². The molecular formula is C28H28ClFN4O4S. The number of carbonyl (C=O) groups is 1. The van der Waals surface area contributed by atoms with Gasteiger partial charge < -0.3 is 0 Å². The van der Waals surface area contributed by atoms with Crippen molar-refractivity contribution in [2.75, 3.05) is 4.72 Å². The van der Waals surface area contributed by atoms with Gasteiger partial charge in [-0.1, -0.05) is 31.5 Å². The highest BCUT2D eigenvalue weighted by atomic mass is 35.5. The number of aryl methyl sites for hydroxylation is 2. The summed E-state index contributed by atoms with van der Waals surface area (Å²) in [6.45, 7) is 6.01. The SMILES string of the molecule is Cc1ncc(-c2ccc3ncn(CCCC(=O)CC(C)C)c(=O)c3c2)cc1NS(=O)(=O)c1ccc(F)cc1Cl. The lowest BCUT2D eigenvalue weighted by molar-refractivity contribution is -0.119. The lowest BCUT2D eigenvalue weighted by Gasteiger charge is -2.13. The van der Waals surface area contributed by atoms with Crippen LogP contribution < -0.4 is 10.3 Å². The number of halogens is 2. The lowest BCUT2D eigenvalue weighted by Crippen LogP contribution is -2.21. The highest BCUT2D eigenvalue weighted by molar-refractivity contribution is 7.92. The molecule has 0 saturated carbocycles. The summed E-state index contributed by atoms with van der Waals surface area (Å²) in [4.78, 5) is 33.6. The van der Waals surface area contributed by atoms with Crippen LogP contribution in [0.2, 0.25) is 5.02 Å². The molecule has 0 aliphatic rings. The van der Waals surface area contributed by atoms with Crippen molar-refractivity contribution >= 4 is 44.0 Å². The van der Waals surface area contributed by atoms with Gasteiger partial charge in [-0.25, -0.2) is 17.8 Å². The van der Waals surface area contributed by atoms with Gasteiger partial charge in [0, 0.05) is 31.1 Å². The fourth-order valence-electron chi connectivity index (χ4n) is 4.19. The monoisotopic (exact) mass is 570 g/mol. The first-order valence-electron chi connectivity index (χ1n) is 12.4. The molecule has 2 aromatic heterocycles. The predicted octanol–water partition coefficient (Wildman–Crippen LogP) is 5.76. The molecule has 0 saturated heterocycles. The Labute approximate surface area is 230 Å². The first kappa shape index (κ1) is 28.4. The quantitative estimate of drug-likeness (QED) is 0.260. The van der Waals surface area contributed by atoms with Crippen LogP contribution in [0.25, 0.3) is 22.0 Å². The molecule has 4 rings (SSSR count). The zero-order valence-corrected chi connectivity index (χ0v) is 23.3. The molecule has 2 aromatic carbocycles. The summed E-state index contributed by atoms with van der Waals surface area (Å²) >= 11 is 5.97. The first-order valence-corrected chi connectivity index (χ1v) is 14.3. The van der Waals surface area contributed by atoms with Crippen LogP contribution in [-0.2, 0) is 21.4 Å². The fraction of sp³-hybridized carbons (Fsp3) is 0.286. The summed E-state index contributed by atoms with van der Waals surface area (Å²) < 4.78 is 43.3. The maximum Gasteiger partial charge on any atom is 0.263 e. The maximum absolute atomic E-state index is 13.4. The number of rotatable bonds is 10. The van der Waals surface area contributed by atoms with E-state index in [1.165, 1.54) is 10.9 Å². The van der Waals surface area contributed by atoms with Crippen LogP contribution in [0.15, 0.2) is 64.7 Å². The predicted molar refractivity (Wildman–Crippen MR) is 150 cm³/mol. The second-order valence-electron chi connectivity index (χ2n) is 9.75. The fourth-order valence-corrected chi connectivity index (χ4v) is 5.83. The molecule has 0 aliphatic heterocycles. The van der Waals surface area contributed by atoms with Gasteiger partial charge in [0.2, 0.25) is 0 Å². The number of nitrogens with zero attached hydrogens (tertiary/aromatic N) is 3. The van der Waals surface area contributed by atoms with E-state index in [0.717, 1.165) is 18.2 Å². The topological polar surface area (TPSA) is 111 Å². The highest BCUT2D eigenvalue weighted by Crippen LogP contribution is 2.29. The lowest BCUT2D eigenvalue weighted by atomic mass is 10.0. The van der Waals surface area contributed by atoms with Crippen LogP contribution >= 0.6 is 11.6 Å². The molecule has 1 N–H and O–H groups in total. The number of carbonyl (C=O) groups excluding carboxylic acids is 1. The standard InChI is InChI=1S/C28H28ClFN4O4S/c1-17(2)11-22(35)5-4-10-34-16-32-25-8-6-19(12-23(25)28(34)36)20-13-26(18(3)31-15-20)33-39(37,38)27-9-7-21(30)14-24(27)29/h6-9,12-17,33H,4-5,10-11H2,1-3H3. The van der Waals surface area contributed by atoms with Gasteiger partial charge in [0.15, 0.2) is 0 Å². The van der Waals surface area contributed by atoms with Crippen LogP contribution in [0.5, 0.6) is 0 Å². The van der Waals surface area contributed by atoms with Crippen molar-refractivity contribution in [2.24, 2.45) is 5.92 Å². The third kappa shape index (κ3) is 6.69. The largest absolute Gasteiger partial charge is 0.300 e. The van der Waals surface area contributed by atoms with E-state index in [2.05, 4.69) is 14.7 Å². The van der Waals surface area contributed by atoms with Crippen LogP contribution in [0, 0.1) is 18.7 Å². The van der Waals surface area contributed by atoms with Gasteiger partial charge in [-0.3, -0.25) is 23.9 Å². The number of aromatic nitrogens is 3. The number of sulfonamides is 1. The molecule has 0 bridgehead atoms. The molecule has 0 amide bonds. The molecule has 0 unspecified atom stereocenters. The van der Waals surface area contributed by atoms with Gasteiger partial charge in [0.05, 0.1) is 33.6 Å².